The largest absolute Gasteiger partial charge is 0.477 e. The van der Waals surface area contributed by atoms with Crippen molar-refractivity contribution in [1.82, 2.24) is 9.97 Å². The first-order valence-corrected chi connectivity index (χ1v) is 5.79. The van der Waals surface area contributed by atoms with E-state index in [2.05, 4.69) is 9.97 Å². The van der Waals surface area contributed by atoms with Crippen molar-refractivity contribution in [2.75, 3.05) is 0 Å². The maximum atomic E-state index is 10.8. The first-order valence-electron chi connectivity index (χ1n) is 5.79. The van der Waals surface area contributed by atoms with Gasteiger partial charge in [0.25, 0.3) is 0 Å². The van der Waals surface area contributed by atoms with Crippen LogP contribution in [0.2, 0.25) is 0 Å². The van der Waals surface area contributed by atoms with Crippen molar-refractivity contribution in [3.8, 4) is 11.8 Å². The summed E-state index contributed by atoms with van der Waals surface area (Å²) in [5.74, 6) is -0.447. The molecule has 1 aromatic heterocycles. The highest BCUT2D eigenvalue weighted by Gasteiger charge is 2.11. The van der Waals surface area contributed by atoms with E-state index in [0.29, 0.717) is 5.75 Å². The number of ether oxygens (including phenoxy) is 1. The van der Waals surface area contributed by atoms with Crippen molar-refractivity contribution in [2.45, 2.75) is 20.8 Å². The van der Waals surface area contributed by atoms with Gasteiger partial charge in [0.05, 0.1) is 0 Å². The predicted octanol–water partition coefficient (Wildman–Crippen LogP) is 2.89. The van der Waals surface area contributed by atoms with Gasteiger partial charge in [0.1, 0.15) is 5.75 Å². The number of carboxylic acid groups (broad SMARTS) is 1. The quantitative estimate of drug-likeness (QED) is 0.916. The zero-order chi connectivity index (χ0) is 14.0. The molecule has 2 rings (SSSR count). The van der Waals surface area contributed by atoms with Crippen LogP contribution in [0.15, 0.2) is 24.4 Å². The second kappa shape index (κ2) is 5.06. The van der Waals surface area contributed by atoms with Gasteiger partial charge in [-0.2, -0.15) is 4.98 Å². The fourth-order valence-corrected chi connectivity index (χ4v) is 1.93. The van der Waals surface area contributed by atoms with Crippen molar-refractivity contribution in [2.24, 2.45) is 0 Å². The van der Waals surface area contributed by atoms with Crippen molar-refractivity contribution in [1.29, 1.82) is 0 Å². The van der Waals surface area contributed by atoms with Gasteiger partial charge >= 0.3 is 12.0 Å². The first kappa shape index (κ1) is 13.0. The molecule has 0 aliphatic carbocycles. The van der Waals surface area contributed by atoms with Crippen LogP contribution in [-0.2, 0) is 0 Å². The molecule has 0 aliphatic rings. The third kappa shape index (κ3) is 2.88. The van der Waals surface area contributed by atoms with Crippen molar-refractivity contribution < 1.29 is 14.6 Å². The van der Waals surface area contributed by atoms with E-state index in [-0.39, 0.29) is 11.7 Å². The predicted molar refractivity (Wildman–Crippen MR) is 69.7 cm³/mol. The van der Waals surface area contributed by atoms with Gasteiger partial charge in [-0.05, 0) is 38.0 Å². The van der Waals surface area contributed by atoms with Crippen LogP contribution in [0.5, 0.6) is 11.8 Å². The lowest BCUT2D eigenvalue weighted by molar-refractivity contribution is 0.0689. The Hall–Kier alpha value is -2.43. The van der Waals surface area contributed by atoms with Crippen LogP contribution in [0.1, 0.15) is 27.2 Å². The van der Waals surface area contributed by atoms with Gasteiger partial charge in [-0.15, -0.1) is 0 Å². The summed E-state index contributed by atoms with van der Waals surface area (Å²) in [5, 5.41) is 8.88. The fraction of sp³-hybridized carbons (Fsp3) is 0.214. The maximum Gasteiger partial charge on any atom is 0.354 e. The summed E-state index contributed by atoms with van der Waals surface area (Å²) < 4.78 is 5.60. The Balaban J connectivity index is 2.36. The number of carbonyl (C=O) groups is 1. The summed E-state index contributed by atoms with van der Waals surface area (Å²) in [6.07, 6.45) is 1.37. The minimum Gasteiger partial charge on any atom is -0.477 e. The molecular weight excluding hydrogens is 244 g/mol. The zero-order valence-corrected chi connectivity index (χ0v) is 11.0. The topological polar surface area (TPSA) is 72.3 Å². The Bertz CT molecular complexity index is 615. The van der Waals surface area contributed by atoms with Crippen LogP contribution in [0.4, 0.5) is 0 Å². The molecule has 0 unspecified atom stereocenters. The molecule has 0 bridgehead atoms. The van der Waals surface area contributed by atoms with Crippen molar-refractivity contribution in [3.05, 3.63) is 46.8 Å². The Labute approximate surface area is 110 Å². The van der Waals surface area contributed by atoms with Crippen LogP contribution < -0.4 is 4.74 Å². The molecule has 0 spiro atoms. The summed E-state index contributed by atoms with van der Waals surface area (Å²) in [7, 11) is 0. The lowest BCUT2D eigenvalue weighted by Gasteiger charge is -2.11. The van der Waals surface area contributed by atoms with Gasteiger partial charge in [-0.1, -0.05) is 17.7 Å². The van der Waals surface area contributed by atoms with Crippen LogP contribution in [-0.4, -0.2) is 21.0 Å². The van der Waals surface area contributed by atoms with Crippen LogP contribution in [0.3, 0.4) is 0 Å². The highest BCUT2D eigenvalue weighted by molar-refractivity contribution is 5.85. The average Bonchev–Trinajstić information content (AvgIpc) is 2.34. The Morgan fingerprint density at radius 1 is 1.21 bits per heavy atom. The smallest absolute Gasteiger partial charge is 0.354 e. The molecule has 1 N–H and O–H groups in total. The Morgan fingerprint density at radius 3 is 2.42 bits per heavy atom. The summed E-state index contributed by atoms with van der Waals surface area (Å²) in [5.41, 5.74) is 2.97. The molecule has 0 aliphatic heterocycles. The number of benzene rings is 1. The summed E-state index contributed by atoms with van der Waals surface area (Å²) in [4.78, 5) is 18.6. The number of hydrogen-bond acceptors (Lipinski definition) is 4. The molecule has 0 saturated heterocycles. The molecule has 98 valence electrons. The van der Waals surface area contributed by atoms with Crippen LogP contribution in [0.25, 0.3) is 0 Å². The number of aromatic nitrogens is 2. The third-order valence-electron chi connectivity index (χ3n) is 2.65. The average molecular weight is 258 g/mol. The van der Waals surface area contributed by atoms with Gasteiger partial charge in [-0.3, -0.25) is 0 Å². The number of rotatable bonds is 3. The lowest BCUT2D eigenvalue weighted by atomic mass is 10.1. The molecule has 0 radical (unpaired) electrons. The standard InChI is InChI=1S/C14H14N2O3/c1-8-6-9(2)12(10(3)7-8)19-14-15-5-4-11(16-14)13(17)18/h4-7H,1-3H3,(H,17,18). The second-order valence-corrected chi connectivity index (χ2v) is 4.36. The molecule has 0 atom stereocenters. The zero-order valence-electron chi connectivity index (χ0n) is 11.0. The number of carboxylic acids is 1. The van der Waals surface area contributed by atoms with Crippen molar-refractivity contribution in [3.63, 3.8) is 0 Å². The number of aryl methyl sites for hydroxylation is 3. The Morgan fingerprint density at radius 2 is 1.84 bits per heavy atom. The molecule has 2 aromatic rings. The molecule has 1 heterocycles. The molecule has 1 aromatic carbocycles. The van der Waals surface area contributed by atoms with E-state index in [1.807, 2.05) is 32.9 Å². The molecular formula is C14H14N2O3. The minimum atomic E-state index is -1.11. The van der Waals surface area contributed by atoms with E-state index in [4.69, 9.17) is 9.84 Å². The maximum absolute atomic E-state index is 10.8. The molecule has 0 fully saturated rings. The van der Waals surface area contributed by atoms with E-state index in [1.54, 1.807) is 0 Å². The summed E-state index contributed by atoms with van der Waals surface area (Å²) >= 11 is 0. The highest BCUT2D eigenvalue weighted by atomic mass is 16.5. The van der Waals surface area contributed by atoms with Crippen LogP contribution >= 0.6 is 0 Å². The monoisotopic (exact) mass is 258 g/mol. The van der Waals surface area contributed by atoms with Gasteiger partial charge in [0, 0.05) is 6.20 Å². The number of hydrogen-bond donors (Lipinski definition) is 1. The second-order valence-electron chi connectivity index (χ2n) is 4.36. The van der Waals surface area contributed by atoms with E-state index in [1.165, 1.54) is 12.3 Å². The lowest BCUT2D eigenvalue weighted by Crippen LogP contribution is -2.03. The normalized spacial score (nSPS) is 10.3. The Kier molecular flexibility index (Phi) is 3.46. The third-order valence-corrected chi connectivity index (χ3v) is 2.65. The summed E-state index contributed by atoms with van der Waals surface area (Å²) in [6, 6.07) is 5.34. The first-order chi connectivity index (χ1) is 8.97. The summed E-state index contributed by atoms with van der Waals surface area (Å²) in [6.45, 7) is 5.86. The van der Waals surface area contributed by atoms with Gasteiger partial charge < -0.3 is 9.84 Å². The fourth-order valence-electron chi connectivity index (χ4n) is 1.93. The van der Waals surface area contributed by atoms with Gasteiger partial charge in [0.2, 0.25) is 0 Å². The van der Waals surface area contributed by atoms with Gasteiger partial charge in [-0.25, -0.2) is 9.78 Å². The van der Waals surface area contributed by atoms with E-state index >= 15 is 0 Å². The SMILES string of the molecule is Cc1cc(C)c(Oc2nccc(C(=O)O)n2)c(C)c1. The number of aromatic carboxylic acids is 1. The van der Waals surface area contributed by atoms with E-state index < -0.39 is 5.97 Å². The molecule has 0 amide bonds. The molecule has 5 heteroatoms. The molecule has 5 nitrogen and oxygen atoms in total. The van der Waals surface area contributed by atoms with E-state index in [9.17, 15) is 4.79 Å². The molecule has 0 saturated carbocycles. The minimum absolute atomic E-state index is 0.0370. The van der Waals surface area contributed by atoms with E-state index in [0.717, 1.165) is 16.7 Å². The van der Waals surface area contributed by atoms with Gasteiger partial charge in [0.15, 0.2) is 5.69 Å². The molecule has 19 heavy (non-hydrogen) atoms. The number of nitrogens with zero attached hydrogens (tertiary/aromatic N) is 2. The van der Waals surface area contributed by atoms with Crippen LogP contribution in [0, 0.1) is 20.8 Å². The van der Waals surface area contributed by atoms with Crippen molar-refractivity contribution >= 4 is 5.97 Å². The highest BCUT2D eigenvalue weighted by Crippen LogP contribution is 2.27.